The number of hydrogen-bond donors (Lipinski definition) is 0. The first-order chi connectivity index (χ1) is 9.79. The lowest BCUT2D eigenvalue weighted by molar-refractivity contribution is 0.185. The van der Waals surface area contributed by atoms with Crippen LogP contribution in [0.1, 0.15) is 11.4 Å². The Balaban J connectivity index is 1.82. The number of rotatable bonds is 8. The summed E-state index contributed by atoms with van der Waals surface area (Å²) in [5, 5.41) is 0. The first-order valence-electron chi connectivity index (χ1n) is 6.86. The van der Waals surface area contributed by atoms with E-state index in [2.05, 4.69) is 32.5 Å². The van der Waals surface area contributed by atoms with E-state index in [1.54, 1.807) is 7.11 Å². The molecule has 0 spiro atoms. The van der Waals surface area contributed by atoms with Gasteiger partial charge in [0.25, 0.3) is 0 Å². The molecule has 0 amide bonds. The highest BCUT2D eigenvalue weighted by atomic mass is 16.5. The van der Waals surface area contributed by atoms with Crippen molar-refractivity contribution in [3.8, 4) is 0 Å². The van der Waals surface area contributed by atoms with Crippen LogP contribution >= 0.6 is 0 Å². The third kappa shape index (κ3) is 4.43. The van der Waals surface area contributed by atoms with Crippen molar-refractivity contribution in [2.45, 2.75) is 19.5 Å². The van der Waals surface area contributed by atoms with Gasteiger partial charge in [-0.25, -0.2) is 4.98 Å². The van der Waals surface area contributed by atoms with E-state index in [0.717, 1.165) is 31.7 Å². The fraction of sp³-hybridized carbons (Fsp3) is 0.467. The average molecular weight is 274 g/mol. The zero-order valence-electron chi connectivity index (χ0n) is 12.2. The molecular formula is C15H22N4O. The van der Waals surface area contributed by atoms with Gasteiger partial charge in [-0.2, -0.15) is 0 Å². The van der Waals surface area contributed by atoms with Gasteiger partial charge in [-0.15, -0.1) is 0 Å². The summed E-state index contributed by atoms with van der Waals surface area (Å²) in [4.78, 5) is 10.8. The molecule has 0 N–H and O–H groups in total. The minimum Gasteiger partial charge on any atom is -0.383 e. The van der Waals surface area contributed by atoms with Crippen molar-refractivity contribution < 1.29 is 4.74 Å². The maximum Gasteiger partial charge on any atom is 0.0949 e. The topological polar surface area (TPSA) is 43.2 Å². The Kier molecular flexibility index (Phi) is 5.70. The van der Waals surface area contributed by atoms with Gasteiger partial charge >= 0.3 is 0 Å². The molecule has 2 rings (SSSR count). The number of likely N-dealkylation sites (N-methyl/N-ethyl adjacent to an activating group) is 1. The number of hydrogen-bond acceptors (Lipinski definition) is 4. The molecule has 5 nitrogen and oxygen atoms in total. The molecule has 2 aromatic rings. The molecule has 0 bridgehead atoms. The van der Waals surface area contributed by atoms with E-state index in [-0.39, 0.29) is 0 Å². The van der Waals surface area contributed by atoms with Gasteiger partial charge in [0.15, 0.2) is 0 Å². The fourth-order valence-electron chi connectivity index (χ4n) is 2.08. The van der Waals surface area contributed by atoms with Gasteiger partial charge in [0.1, 0.15) is 0 Å². The van der Waals surface area contributed by atoms with E-state index < -0.39 is 0 Å². The summed E-state index contributed by atoms with van der Waals surface area (Å²) in [6.07, 6.45) is 6.59. The Labute approximate surface area is 120 Å². The maximum atomic E-state index is 5.11. The molecule has 20 heavy (non-hydrogen) atoms. The van der Waals surface area contributed by atoms with E-state index in [1.165, 1.54) is 5.69 Å². The second-order valence-corrected chi connectivity index (χ2v) is 4.88. The standard InChI is InChI=1S/C15H22N4O/c1-18(8-6-14-5-3-4-7-17-14)12-15-11-16-13-19(15)9-10-20-2/h3-5,7,11,13H,6,8-10,12H2,1-2H3. The smallest absolute Gasteiger partial charge is 0.0949 e. The summed E-state index contributed by atoms with van der Waals surface area (Å²) < 4.78 is 7.25. The van der Waals surface area contributed by atoms with Crippen LogP contribution in [0.3, 0.4) is 0 Å². The molecule has 0 unspecified atom stereocenters. The predicted molar refractivity (Wildman–Crippen MR) is 78.4 cm³/mol. The molecule has 0 radical (unpaired) electrons. The molecule has 2 heterocycles. The van der Waals surface area contributed by atoms with Crippen LogP contribution in [0.5, 0.6) is 0 Å². The van der Waals surface area contributed by atoms with Crippen molar-refractivity contribution >= 4 is 0 Å². The Morgan fingerprint density at radius 1 is 1.35 bits per heavy atom. The highest BCUT2D eigenvalue weighted by Gasteiger charge is 2.06. The molecule has 2 aromatic heterocycles. The molecule has 0 aromatic carbocycles. The Bertz CT molecular complexity index is 498. The van der Waals surface area contributed by atoms with Gasteiger partial charge in [-0.3, -0.25) is 4.98 Å². The quantitative estimate of drug-likeness (QED) is 0.733. The number of pyridine rings is 1. The summed E-state index contributed by atoms with van der Waals surface area (Å²) in [6.45, 7) is 3.42. The third-order valence-electron chi connectivity index (χ3n) is 3.24. The van der Waals surface area contributed by atoms with E-state index in [9.17, 15) is 0 Å². The Morgan fingerprint density at radius 2 is 2.25 bits per heavy atom. The number of ether oxygens (including phenoxy) is 1. The van der Waals surface area contributed by atoms with Crippen molar-refractivity contribution in [1.29, 1.82) is 0 Å². The molecule has 5 heteroatoms. The molecule has 108 valence electrons. The minimum absolute atomic E-state index is 0.709. The van der Waals surface area contributed by atoms with Crippen LogP contribution in [-0.4, -0.2) is 46.7 Å². The second kappa shape index (κ2) is 7.77. The van der Waals surface area contributed by atoms with Crippen LogP contribution in [0, 0.1) is 0 Å². The van der Waals surface area contributed by atoms with Crippen LogP contribution in [0.25, 0.3) is 0 Å². The summed E-state index contributed by atoms with van der Waals surface area (Å²) in [7, 11) is 3.84. The maximum absolute atomic E-state index is 5.11. The van der Waals surface area contributed by atoms with Gasteiger partial charge in [0.2, 0.25) is 0 Å². The molecule has 0 saturated heterocycles. The third-order valence-corrected chi connectivity index (χ3v) is 3.24. The van der Waals surface area contributed by atoms with Gasteiger partial charge in [-0.1, -0.05) is 6.07 Å². The van der Waals surface area contributed by atoms with Gasteiger partial charge in [0.05, 0.1) is 18.6 Å². The molecular weight excluding hydrogens is 252 g/mol. The monoisotopic (exact) mass is 274 g/mol. The zero-order valence-corrected chi connectivity index (χ0v) is 12.2. The van der Waals surface area contributed by atoms with E-state index in [1.807, 2.05) is 30.9 Å². The van der Waals surface area contributed by atoms with E-state index >= 15 is 0 Å². The normalized spacial score (nSPS) is 11.2. The summed E-state index contributed by atoms with van der Waals surface area (Å²) in [5.74, 6) is 0. The van der Waals surface area contributed by atoms with Crippen molar-refractivity contribution in [2.24, 2.45) is 0 Å². The first-order valence-corrected chi connectivity index (χ1v) is 6.86. The van der Waals surface area contributed by atoms with Crippen molar-refractivity contribution in [3.63, 3.8) is 0 Å². The van der Waals surface area contributed by atoms with Crippen molar-refractivity contribution in [2.75, 3.05) is 27.3 Å². The highest BCUT2D eigenvalue weighted by Crippen LogP contribution is 2.04. The number of methoxy groups -OCH3 is 1. The molecule has 0 atom stereocenters. The van der Waals surface area contributed by atoms with E-state index in [0.29, 0.717) is 6.61 Å². The first kappa shape index (κ1) is 14.7. The molecule has 0 aliphatic heterocycles. The molecule has 0 aliphatic carbocycles. The van der Waals surface area contributed by atoms with Crippen LogP contribution < -0.4 is 0 Å². The Morgan fingerprint density at radius 3 is 3.00 bits per heavy atom. The van der Waals surface area contributed by atoms with Crippen LogP contribution in [0.15, 0.2) is 36.9 Å². The number of aromatic nitrogens is 3. The lowest BCUT2D eigenvalue weighted by atomic mass is 10.2. The summed E-state index contributed by atoms with van der Waals surface area (Å²) >= 11 is 0. The number of nitrogens with zero attached hydrogens (tertiary/aromatic N) is 4. The van der Waals surface area contributed by atoms with Crippen LogP contribution in [0.2, 0.25) is 0 Å². The van der Waals surface area contributed by atoms with Gasteiger partial charge < -0.3 is 14.2 Å². The molecule has 0 aliphatic rings. The minimum atomic E-state index is 0.709. The lowest BCUT2D eigenvalue weighted by Crippen LogP contribution is -2.23. The average Bonchev–Trinajstić information content (AvgIpc) is 2.91. The largest absolute Gasteiger partial charge is 0.383 e. The fourth-order valence-corrected chi connectivity index (χ4v) is 2.08. The molecule has 0 saturated carbocycles. The molecule has 0 fully saturated rings. The van der Waals surface area contributed by atoms with Crippen molar-refractivity contribution in [1.82, 2.24) is 19.4 Å². The van der Waals surface area contributed by atoms with Gasteiger partial charge in [-0.05, 0) is 19.2 Å². The predicted octanol–water partition coefficient (Wildman–Crippen LogP) is 1.60. The SMILES string of the molecule is COCCn1cncc1CN(C)CCc1ccccn1. The lowest BCUT2D eigenvalue weighted by Gasteiger charge is -2.17. The van der Waals surface area contributed by atoms with Crippen LogP contribution in [-0.2, 0) is 24.2 Å². The van der Waals surface area contributed by atoms with E-state index in [4.69, 9.17) is 4.74 Å². The zero-order chi connectivity index (χ0) is 14.2. The summed E-state index contributed by atoms with van der Waals surface area (Å²) in [6, 6.07) is 6.04. The van der Waals surface area contributed by atoms with Crippen molar-refractivity contribution in [3.05, 3.63) is 48.3 Å². The highest BCUT2D eigenvalue weighted by molar-refractivity contribution is 5.04. The van der Waals surface area contributed by atoms with Crippen LogP contribution in [0.4, 0.5) is 0 Å². The second-order valence-electron chi connectivity index (χ2n) is 4.88. The number of imidazole rings is 1. The summed E-state index contributed by atoms with van der Waals surface area (Å²) in [5.41, 5.74) is 2.35. The Hall–Kier alpha value is -1.72. The van der Waals surface area contributed by atoms with Gasteiger partial charge in [0, 0.05) is 51.3 Å².